The molecule has 0 unspecified atom stereocenters. The van der Waals surface area contributed by atoms with Crippen LogP contribution in [0.15, 0.2) is 72.0 Å². The number of anilines is 3. The van der Waals surface area contributed by atoms with Gasteiger partial charge in [0.15, 0.2) is 5.16 Å². The van der Waals surface area contributed by atoms with Gasteiger partial charge in [0.1, 0.15) is 5.69 Å². The second-order valence-electron chi connectivity index (χ2n) is 6.91. The zero-order valence-corrected chi connectivity index (χ0v) is 17.7. The van der Waals surface area contributed by atoms with E-state index in [0.29, 0.717) is 5.69 Å². The molecule has 1 amide bonds. The average Bonchev–Trinajstić information content (AvgIpc) is 2.74. The smallest absolute Gasteiger partial charge is 0.356 e. The predicted molar refractivity (Wildman–Crippen MR) is 117 cm³/mol. The fourth-order valence-electron chi connectivity index (χ4n) is 2.89. The summed E-state index contributed by atoms with van der Waals surface area (Å²) in [7, 11) is 0. The number of carbonyl (C=O) groups excluding carboxylic acids is 1. The lowest BCUT2D eigenvalue weighted by molar-refractivity contribution is -0.141. The fraction of sp³-hybridized carbons (Fsp3) is 0.227. The topological polar surface area (TPSA) is 58.1 Å². The van der Waals surface area contributed by atoms with Gasteiger partial charge in [0.05, 0.1) is 5.75 Å². The van der Waals surface area contributed by atoms with Crippen molar-refractivity contribution in [3.63, 3.8) is 0 Å². The Labute approximate surface area is 182 Å². The summed E-state index contributed by atoms with van der Waals surface area (Å²) < 4.78 is 38.4. The minimum absolute atomic E-state index is 0.0799. The number of hydrogen-bond donors (Lipinski definition) is 1. The standard InChI is InChI=1S/C22H21F3N4OS/c1-15(2)29(18-10-8-17(9-11-18)27-16-6-4-3-5-7-16)20(30)14-31-21-26-13-12-19(28-21)22(23,24)25/h3-13,15,27H,14H2,1-2H3. The number of hydrogen-bond acceptors (Lipinski definition) is 5. The number of nitrogens with one attached hydrogen (secondary N) is 1. The predicted octanol–water partition coefficient (Wildman–Crippen LogP) is 5.77. The molecular formula is C22H21F3N4OS. The van der Waals surface area contributed by atoms with Gasteiger partial charge < -0.3 is 10.2 Å². The molecule has 0 saturated heterocycles. The molecule has 0 saturated carbocycles. The summed E-state index contributed by atoms with van der Waals surface area (Å²) in [5.74, 6) is -0.325. The zero-order valence-electron chi connectivity index (χ0n) is 16.9. The lowest BCUT2D eigenvalue weighted by Crippen LogP contribution is -2.38. The Morgan fingerprint density at radius 2 is 1.68 bits per heavy atom. The van der Waals surface area contributed by atoms with E-state index in [2.05, 4.69) is 15.3 Å². The van der Waals surface area contributed by atoms with Crippen molar-refractivity contribution in [3.05, 3.63) is 72.6 Å². The first-order valence-electron chi connectivity index (χ1n) is 9.51. The first-order valence-corrected chi connectivity index (χ1v) is 10.5. The molecule has 0 aliphatic heterocycles. The maximum atomic E-state index is 12.8. The van der Waals surface area contributed by atoms with Crippen LogP contribution in [0.3, 0.4) is 0 Å². The average molecular weight is 446 g/mol. The number of halogens is 3. The van der Waals surface area contributed by atoms with E-state index in [1.54, 1.807) is 4.90 Å². The van der Waals surface area contributed by atoms with Crippen molar-refractivity contribution in [2.75, 3.05) is 16.0 Å². The summed E-state index contributed by atoms with van der Waals surface area (Å²) in [5, 5.41) is 3.19. The molecule has 0 spiro atoms. The quantitative estimate of drug-likeness (QED) is 0.369. The van der Waals surface area contributed by atoms with E-state index < -0.39 is 11.9 Å². The third-order valence-electron chi connectivity index (χ3n) is 4.24. The Kier molecular flexibility index (Phi) is 7.17. The van der Waals surface area contributed by atoms with Gasteiger partial charge in [-0.3, -0.25) is 4.79 Å². The molecule has 1 aromatic heterocycles. The first-order chi connectivity index (χ1) is 14.7. The van der Waals surface area contributed by atoms with E-state index in [1.165, 1.54) is 0 Å². The Morgan fingerprint density at radius 3 is 2.29 bits per heavy atom. The number of alkyl halides is 3. The van der Waals surface area contributed by atoms with Gasteiger partial charge >= 0.3 is 6.18 Å². The Hall–Kier alpha value is -3.07. The van der Waals surface area contributed by atoms with Crippen molar-refractivity contribution in [2.24, 2.45) is 0 Å². The van der Waals surface area contributed by atoms with Gasteiger partial charge in [0.25, 0.3) is 0 Å². The van der Waals surface area contributed by atoms with Crippen LogP contribution in [-0.2, 0) is 11.0 Å². The second kappa shape index (κ2) is 9.82. The van der Waals surface area contributed by atoms with Crippen molar-refractivity contribution in [1.29, 1.82) is 0 Å². The third-order valence-corrected chi connectivity index (χ3v) is 5.09. The first kappa shape index (κ1) is 22.6. The van der Waals surface area contributed by atoms with Gasteiger partial charge in [0.2, 0.25) is 5.91 Å². The fourth-order valence-corrected chi connectivity index (χ4v) is 3.58. The van der Waals surface area contributed by atoms with Crippen molar-refractivity contribution in [2.45, 2.75) is 31.2 Å². The number of rotatable bonds is 7. The minimum Gasteiger partial charge on any atom is -0.356 e. The number of benzene rings is 2. The highest BCUT2D eigenvalue weighted by molar-refractivity contribution is 7.99. The van der Waals surface area contributed by atoms with E-state index in [9.17, 15) is 18.0 Å². The molecule has 1 N–H and O–H groups in total. The molecule has 3 rings (SSSR count). The van der Waals surface area contributed by atoms with Crippen molar-refractivity contribution >= 4 is 34.7 Å². The summed E-state index contributed by atoms with van der Waals surface area (Å²) in [6.45, 7) is 3.75. The number of thioether (sulfide) groups is 1. The molecule has 162 valence electrons. The van der Waals surface area contributed by atoms with Crippen LogP contribution in [0.5, 0.6) is 0 Å². The molecule has 9 heteroatoms. The number of aromatic nitrogens is 2. The van der Waals surface area contributed by atoms with E-state index in [0.717, 1.165) is 35.4 Å². The van der Waals surface area contributed by atoms with Crippen molar-refractivity contribution in [3.8, 4) is 0 Å². The summed E-state index contributed by atoms with van der Waals surface area (Å²) >= 11 is 0.878. The van der Waals surface area contributed by atoms with Gasteiger partial charge in [-0.1, -0.05) is 30.0 Å². The molecule has 0 fully saturated rings. The van der Waals surface area contributed by atoms with Crippen molar-refractivity contribution in [1.82, 2.24) is 9.97 Å². The van der Waals surface area contributed by atoms with Crippen LogP contribution < -0.4 is 10.2 Å². The van der Waals surface area contributed by atoms with Crippen LogP contribution in [0.4, 0.5) is 30.2 Å². The van der Waals surface area contributed by atoms with Gasteiger partial charge in [-0.15, -0.1) is 0 Å². The maximum Gasteiger partial charge on any atom is 0.433 e. The van der Waals surface area contributed by atoms with E-state index in [-0.39, 0.29) is 22.9 Å². The van der Waals surface area contributed by atoms with Gasteiger partial charge in [-0.2, -0.15) is 13.2 Å². The minimum atomic E-state index is -4.55. The van der Waals surface area contributed by atoms with Crippen LogP contribution in [-0.4, -0.2) is 27.7 Å². The van der Waals surface area contributed by atoms with Gasteiger partial charge in [-0.05, 0) is 56.3 Å². The molecule has 0 bridgehead atoms. The van der Waals surface area contributed by atoms with E-state index in [4.69, 9.17) is 0 Å². The molecule has 2 aromatic carbocycles. The highest BCUT2D eigenvalue weighted by Crippen LogP contribution is 2.29. The lowest BCUT2D eigenvalue weighted by atomic mass is 10.2. The summed E-state index contributed by atoms with van der Waals surface area (Å²) in [5.41, 5.74) is 1.49. The van der Waals surface area contributed by atoms with Crippen LogP contribution >= 0.6 is 11.8 Å². The summed E-state index contributed by atoms with van der Waals surface area (Å²) in [4.78, 5) is 21.8. The van der Waals surface area contributed by atoms with E-state index in [1.807, 2.05) is 68.4 Å². The van der Waals surface area contributed by atoms with Crippen LogP contribution in [0.2, 0.25) is 0 Å². The molecule has 5 nitrogen and oxygen atoms in total. The third kappa shape index (κ3) is 6.21. The molecule has 3 aromatic rings. The number of carbonyl (C=O) groups is 1. The molecule has 1 heterocycles. The molecule has 0 radical (unpaired) electrons. The molecular weight excluding hydrogens is 425 g/mol. The van der Waals surface area contributed by atoms with Crippen LogP contribution in [0.25, 0.3) is 0 Å². The number of nitrogens with zero attached hydrogens (tertiary/aromatic N) is 3. The Morgan fingerprint density at radius 1 is 1.03 bits per heavy atom. The maximum absolute atomic E-state index is 12.8. The van der Waals surface area contributed by atoms with Crippen LogP contribution in [0.1, 0.15) is 19.5 Å². The highest BCUT2D eigenvalue weighted by Gasteiger charge is 2.33. The van der Waals surface area contributed by atoms with Crippen LogP contribution in [0, 0.1) is 0 Å². The van der Waals surface area contributed by atoms with Gasteiger partial charge in [-0.25, -0.2) is 9.97 Å². The number of para-hydroxylation sites is 1. The lowest BCUT2D eigenvalue weighted by Gasteiger charge is -2.27. The SMILES string of the molecule is CC(C)N(C(=O)CSc1nccc(C(F)(F)F)n1)c1ccc(Nc2ccccc2)cc1. The summed E-state index contributed by atoms with van der Waals surface area (Å²) in [6.07, 6.45) is -3.51. The molecule has 0 atom stereocenters. The number of amides is 1. The second-order valence-corrected chi connectivity index (χ2v) is 7.85. The largest absolute Gasteiger partial charge is 0.433 e. The van der Waals surface area contributed by atoms with Gasteiger partial charge in [0, 0.05) is 29.3 Å². The zero-order chi connectivity index (χ0) is 22.4. The van der Waals surface area contributed by atoms with Crippen molar-refractivity contribution < 1.29 is 18.0 Å². The molecule has 0 aliphatic rings. The monoisotopic (exact) mass is 446 g/mol. The Bertz CT molecular complexity index is 1010. The normalized spacial score (nSPS) is 11.4. The molecule has 0 aliphatic carbocycles. The highest BCUT2D eigenvalue weighted by atomic mass is 32.2. The molecule has 31 heavy (non-hydrogen) atoms. The Balaban J connectivity index is 1.68. The van der Waals surface area contributed by atoms with E-state index >= 15 is 0 Å². The summed E-state index contributed by atoms with van der Waals surface area (Å²) in [6, 6.07) is 17.8.